The standard InChI is InChI=1S/C13H14BrF2N3O/c1-4-17-13(2,3)12-18-11(19-20-12)7-5-6-8(15)10(16)9(7)14/h5-6,17H,4H2,1-3H3. The molecule has 7 heteroatoms. The molecule has 108 valence electrons. The van der Waals surface area contributed by atoms with Crippen LogP contribution in [0.4, 0.5) is 8.78 Å². The predicted octanol–water partition coefficient (Wildman–Crippen LogP) is 3.62. The van der Waals surface area contributed by atoms with E-state index < -0.39 is 17.2 Å². The minimum Gasteiger partial charge on any atom is -0.337 e. The number of benzene rings is 1. The molecular weight excluding hydrogens is 332 g/mol. The summed E-state index contributed by atoms with van der Waals surface area (Å²) in [6.07, 6.45) is 0. The zero-order valence-corrected chi connectivity index (χ0v) is 12.9. The van der Waals surface area contributed by atoms with Crippen molar-refractivity contribution < 1.29 is 13.3 Å². The second kappa shape index (κ2) is 5.57. The van der Waals surface area contributed by atoms with Gasteiger partial charge >= 0.3 is 0 Å². The van der Waals surface area contributed by atoms with Crippen molar-refractivity contribution in [2.24, 2.45) is 0 Å². The third-order valence-electron chi connectivity index (χ3n) is 2.86. The number of hydrogen-bond acceptors (Lipinski definition) is 4. The van der Waals surface area contributed by atoms with Crippen molar-refractivity contribution in [1.29, 1.82) is 0 Å². The summed E-state index contributed by atoms with van der Waals surface area (Å²) in [4.78, 5) is 4.24. The third-order valence-corrected chi connectivity index (χ3v) is 3.63. The van der Waals surface area contributed by atoms with E-state index in [-0.39, 0.29) is 10.3 Å². The van der Waals surface area contributed by atoms with E-state index in [9.17, 15) is 8.78 Å². The van der Waals surface area contributed by atoms with Crippen LogP contribution in [0.1, 0.15) is 26.7 Å². The molecule has 20 heavy (non-hydrogen) atoms. The van der Waals surface area contributed by atoms with E-state index in [0.29, 0.717) is 11.5 Å². The molecule has 1 aromatic heterocycles. The summed E-state index contributed by atoms with van der Waals surface area (Å²) in [5, 5.41) is 7.02. The Morgan fingerprint density at radius 2 is 2.05 bits per heavy atom. The highest BCUT2D eigenvalue weighted by molar-refractivity contribution is 9.10. The fourth-order valence-corrected chi connectivity index (χ4v) is 2.30. The molecule has 0 saturated carbocycles. The zero-order valence-electron chi connectivity index (χ0n) is 11.3. The second-order valence-corrected chi connectivity index (χ2v) is 5.59. The van der Waals surface area contributed by atoms with Crippen LogP contribution in [0.3, 0.4) is 0 Å². The molecule has 4 nitrogen and oxygen atoms in total. The highest BCUT2D eigenvalue weighted by atomic mass is 79.9. The molecule has 0 fully saturated rings. The van der Waals surface area contributed by atoms with Gasteiger partial charge in [-0.05, 0) is 48.5 Å². The molecule has 0 aliphatic carbocycles. The molecule has 0 bridgehead atoms. The van der Waals surface area contributed by atoms with Crippen molar-refractivity contribution in [3.63, 3.8) is 0 Å². The van der Waals surface area contributed by atoms with Gasteiger partial charge in [0.25, 0.3) is 0 Å². The van der Waals surface area contributed by atoms with Gasteiger partial charge in [-0.15, -0.1) is 0 Å². The van der Waals surface area contributed by atoms with Crippen molar-refractivity contribution in [3.8, 4) is 11.4 Å². The summed E-state index contributed by atoms with van der Waals surface area (Å²) >= 11 is 3.01. The summed E-state index contributed by atoms with van der Waals surface area (Å²) in [5.41, 5.74) is -0.156. The number of hydrogen-bond donors (Lipinski definition) is 1. The Hall–Kier alpha value is -1.34. The zero-order chi connectivity index (χ0) is 14.9. The van der Waals surface area contributed by atoms with Gasteiger partial charge in [-0.1, -0.05) is 12.1 Å². The van der Waals surface area contributed by atoms with Crippen LogP contribution >= 0.6 is 15.9 Å². The van der Waals surface area contributed by atoms with Crippen LogP contribution in [0.15, 0.2) is 21.1 Å². The van der Waals surface area contributed by atoms with Crippen LogP contribution < -0.4 is 5.32 Å². The van der Waals surface area contributed by atoms with Gasteiger partial charge in [0, 0.05) is 5.56 Å². The van der Waals surface area contributed by atoms with E-state index in [0.717, 1.165) is 12.6 Å². The maximum Gasteiger partial charge on any atom is 0.246 e. The third kappa shape index (κ3) is 2.73. The van der Waals surface area contributed by atoms with Crippen LogP contribution in [0.5, 0.6) is 0 Å². The van der Waals surface area contributed by atoms with Gasteiger partial charge in [0.2, 0.25) is 11.7 Å². The first-order valence-corrected chi connectivity index (χ1v) is 6.89. The Kier molecular flexibility index (Phi) is 4.19. The maximum atomic E-state index is 13.5. The lowest BCUT2D eigenvalue weighted by Gasteiger charge is -2.20. The molecule has 0 atom stereocenters. The molecule has 1 aromatic carbocycles. The van der Waals surface area contributed by atoms with E-state index in [4.69, 9.17) is 4.52 Å². The Morgan fingerprint density at radius 1 is 1.35 bits per heavy atom. The lowest BCUT2D eigenvalue weighted by Crippen LogP contribution is -2.36. The summed E-state index contributed by atoms with van der Waals surface area (Å²) in [6.45, 7) is 6.49. The predicted molar refractivity (Wildman–Crippen MR) is 74.1 cm³/mol. The van der Waals surface area contributed by atoms with Gasteiger partial charge < -0.3 is 9.84 Å². The van der Waals surface area contributed by atoms with E-state index in [1.807, 2.05) is 20.8 Å². The van der Waals surface area contributed by atoms with E-state index in [1.165, 1.54) is 6.07 Å². The molecule has 2 aromatic rings. The number of rotatable bonds is 4. The van der Waals surface area contributed by atoms with Crippen molar-refractivity contribution >= 4 is 15.9 Å². The van der Waals surface area contributed by atoms with Crippen LogP contribution in [0.25, 0.3) is 11.4 Å². The normalized spacial score (nSPS) is 11.9. The molecular formula is C13H14BrF2N3O. The van der Waals surface area contributed by atoms with Crippen LogP contribution in [-0.2, 0) is 5.54 Å². The molecule has 0 aliphatic heterocycles. The first kappa shape index (κ1) is 15.1. The summed E-state index contributed by atoms with van der Waals surface area (Å²) in [5.74, 6) is -1.32. The van der Waals surface area contributed by atoms with Gasteiger partial charge in [-0.3, -0.25) is 0 Å². The van der Waals surface area contributed by atoms with Crippen molar-refractivity contribution in [1.82, 2.24) is 15.5 Å². The van der Waals surface area contributed by atoms with E-state index >= 15 is 0 Å². The molecule has 0 radical (unpaired) electrons. The topological polar surface area (TPSA) is 51.0 Å². The Morgan fingerprint density at radius 3 is 2.70 bits per heavy atom. The highest BCUT2D eigenvalue weighted by Crippen LogP contribution is 2.31. The average molecular weight is 346 g/mol. The van der Waals surface area contributed by atoms with Gasteiger partial charge in [0.15, 0.2) is 11.6 Å². The van der Waals surface area contributed by atoms with Gasteiger partial charge in [-0.25, -0.2) is 8.78 Å². The quantitative estimate of drug-likeness (QED) is 0.859. The molecule has 0 spiro atoms. The van der Waals surface area contributed by atoms with Crippen molar-refractivity contribution in [2.45, 2.75) is 26.3 Å². The lowest BCUT2D eigenvalue weighted by molar-refractivity contribution is 0.272. The molecule has 2 rings (SSSR count). The monoisotopic (exact) mass is 345 g/mol. The van der Waals surface area contributed by atoms with Gasteiger partial charge in [0.05, 0.1) is 10.0 Å². The lowest BCUT2D eigenvalue weighted by atomic mass is 10.1. The summed E-state index contributed by atoms with van der Waals surface area (Å²) in [6, 6.07) is 2.43. The SMILES string of the molecule is CCNC(C)(C)c1nc(-c2ccc(F)c(F)c2Br)no1. The van der Waals surface area contributed by atoms with E-state index in [1.54, 1.807) is 0 Å². The molecule has 1 N–H and O–H groups in total. The minimum absolute atomic E-state index is 0.0221. The highest BCUT2D eigenvalue weighted by Gasteiger charge is 2.27. The smallest absolute Gasteiger partial charge is 0.246 e. The minimum atomic E-state index is -0.972. The molecule has 0 aliphatic rings. The van der Waals surface area contributed by atoms with E-state index in [2.05, 4.69) is 31.4 Å². The van der Waals surface area contributed by atoms with Crippen molar-refractivity contribution in [3.05, 3.63) is 34.1 Å². The Labute approximate surface area is 123 Å². The Balaban J connectivity index is 2.42. The summed E-state index contributed by atoms with van der Waals surface area (Å²) in [7, 11) is 0. The summed E-state index contributed by atoms with van der Waals surface area (Å²) < 4.78 is 31.8. The van der Waals surface area contributed by atoms with Crippen LogP contribution in [-0.4, -0.2) is 16.7 Å². The fourth-order valence-electron chi connectivity index (χ4n) is 1.80. The molecule has 1 heterocycles. The second-order valence-electron chi connectivity index (χ2n) is 4.80. The fraction of sp³-hybridized carbons (Fsp3) is 0.385. The number of aromatic nitrogens is 2. The first-order valence-electron chi connectivity index (χ1n) is 6.10. The first-order chi connectivity index (χ1) is 9.36. The van der Waals surface area contributed by atoms with Crippen LogP contribution in [0, 0.1) is 11.6 Å². The van der Waals surface area contributed by atoms with Crippen molar-refractivity contribution in [2.75, 3.05) is 6.54 Å². The average Bonchev–Trinajstić information content (AvgIpc) is 2.86. The van der Waals surface area contributed by atoms with Gasteiger partial charge in [-0.2, -0.15) is 4.98 Å². The molecule has 0 unspecified atom stereocenters. The number of halogens is 3. The largest absolute Gasteiger partial charge is 0.337 e. The molecule has 0 amide bonds. The number of nitrogens with zero attached hydrogens (tertiary/aromatic N) is 2. The van der Waals surface area contributed by atoms with Crippen LogP contribution in [0.2, 0.25) is 0 Å². The Bertz CT molecular complexity index is 628. The number of nitrogens with one attached hydrogen (secondary N) is 1. The van der Waals surface area contributed by atoms with Gasteiger partial charge in [0.1, 0.15) is 0 Å². The maximum absolute atomic E-state index is 13.5. The molecule has 0 saturated heterocycles.